The molecule has 1 unspecified atom stereocenters. The van der Waals surface area contributed by atoms with Gasteiger partial charge in [-0.1, -0.05) is 24.3 Å². The van der Waals surface area contributed by atoms with Crippen molar-refractivity contribution >= 4 is 17.3 Å². The van der Waals surface area contributed by atoms with Gasteiger partial charge in [-0.25, -0.2) is 4.79 Å². The van der Waals surface area contributed by atoms with E-state index in [2.05, 4.69) is 0 Å². The van der Waals surface area contributed by atoms with Crippen molar-refractivity contribution in [1.82, 2.24) is 0 Å². The molecule has 7 nitrogen and oxygen atoms in total. The molecule has 7 heteroatoms. The van der Waals surface area contributed by atoms with Crippen LogP contribution in [0.15, 0.2) is 48.5 Å². The van der Waals surface area contributed by atoms with Crippen LogP contribution in [0.4, 0.5) is 11.4 Å². The SMILES string of the molecule is Nc1c(O)cc2c(c1N)C(c1ccccc1C(=O)O)c1ccc(O)cc1O2. The molecule has 0 spiro atoms. The summed E-state index contributed by atoms with van der Waals surface area (Å²) in [5.74, 6) is -1.32. The summed E-state index contributed by atoms with van der Waals surface area (Å²) in [4.78, 5) is 11.8. The lowest BCUT2D eigenvalue weighted by Gasteiger charge is -2.31. The van der Waals surface area contributed by atoms with Gasteiger partial charge < -0.3 is 31.5 Å². The van der Waals surface area contributed by atoms with Gasteiger partial charge in [0.25, 0.3) is 0 Å². The predicted molar refractivity (Wildman–Crippen MR) is 99.5 cm³/mol. The fourth-order valence-electron chi connectivity index (χ4n) is 3.47. The van der Waals surface area contributed by atoms with Crippen LogP contribution in [-0.4, -0.2) is 21.3 Å². The number of rotatable bonds is 2. The molecule has 1 heterocycles. The first-order chi connectivity index (χ1) is 12.9. The highest BCUT2D eigenvalue weighted by Crippen LogP contribution is 2.53. The Kier molecular flexibility index (Phi) is 3.59. The second-order valence-corrected chi connectivity index (χ2v) is 6.28. The molecule has 27 heavy (non-hydrogen) atoms. The normalized spacial score (nSPS) is 14.7. The molecular formula is C20H16N2O5. The number of aromatic hydroxyl groups is 2. The Labute approximate surface area is 154 Å². The number of ether oxygens (including phenoxy) is 1. The highest BCUT2D eigenvalue weighted by molar-refractivity contribution is 5.91. The number of carbonyl (C=O) groups is 1. The Morgan fingerprint density at radius 1 is 0.926 bits per heavy atom. The highest BCUT2D eigenvalue weighted by Gasteiger charge is 2.34. The third-order valence-electron chi connectivity index (χ3n) is 4.71. The molecule has 1 aliphatic heterocycles. The number of phenolic OH excluding ortho intramolecular Hbond substituents is 2. The summed E-state index contributed by atoms with van der Waals surface area (Å²) in [7, 11) is 0. The minimum Gasteiger partial charge on any atom is -0.508 e. The molecular weight excluding hydrogens is 348 g/mol. The number of fused-ring (bicyclic) bond motifs is 2. The Morgan fingerprint density at radius 2 is 1.67 bits per heavy atom. The van der Waals surface area contributed by atoms with Crippen LogP contribution in [0.2, 0.25) is 0 Å². The molecule has 4 rings (SSSR count). The van der Waals surface area contributed by atoms with E-state index in [1.807, 2.05) is 0 Å². The van der Waals surface area contributed by atoms with Gasteiger partial charge in [0.15, 0.2) is 0 Å². The smallest absolute Gasteiger partial charge is 0.335 e. The lowest BCUT2D eigenvalue weighted by molar-refractivity contribution is 0.0695. The van der Waals surface area contributed by atoms with Gasteiger partial charge in [-0.15, -0.1) is 0 Å². The monoisotopic (exact) mass is 364 g/mol. The van der Waals surface area contributed by atoms with E-state index in [1.54, 1.807) is 24.3 Å². The highest BCUT2D eigenvalue weighted by atomic mass is 16.5. The molecule has 0 saturated heterocycles. The number of anilines is 2. The molecule has 136 valence electrons. The van der Waals surface area contributed by atoms with Crippen LogP contribution >= 0.6 is 0 Å². The van der Waals surface area contributed by atoms with E-state index < -0.39 is 11.9 Å². The number of hydrogen-bond donors (Lipinski definition) is 5. The second kappa shape index (κ2) is 5.84. The van der Waals surface area contributed by atoms with Crippen molar-refractivity contribution in [3.63, 3.8) is 0 Å². The van der Waals surface area contributed by atoms with Crippen molar-refractivity contribution in [2.75, 3.05) is 11.5 Å². The third kappa shape index (κ3) is 2.48. The van der Waals surface area contributed by atoms with Gasteiger partial charge in [-0.3, -0.25) is 0 Å². The maximum Gasteiger partial charge on any atom is 0.335 e. The number of carboxylic acids is 1. The quantitative estimate of drug-likeness (QED) is 0.272. The van der Waals surface area contributed by atoms with Crippen molar-refractivity contribution in [3.05, 3.63) is 70.8 Å². The van der Waals surface area contributed by atoms with Crippen LogP contribution in [0.5, 0.6) is 23.0 Å². The van der Waals surface area contributed by atoms with Crippen molar-refractivity contribution in [1.29, 1.82) is 0 Å². The summed E-state index contributed by atoms with van der Waals surface area (Å²) in [5.41, 5.74) is 13.9. The summed E-state index contributed by atoms with van der Waals surface area (Å²) in [6.07, 6.45) is 0. The van der Waals surface area contributed by atoms with Crippen molar-refractivity contribution in [3.8, 4) is 23.0 Å². The molecule has 0 bridgehead atoms. The fraction of sp³-hybridized carbons (Fsp3) is 0.0500. The van der Waals surface area contributed by atoms with Gasteiger partial charge in [-0.05, 0) is 17.7 Å². The first kappa shape index (κ1) is 16.6. The van der Waals surface area contributed by atoms with E-state index >= 15 is 0 Å². The van der Waals surface area contributed by atoms with Gasteiger partial charge in [0.2, 0.25) is 0 Å². The second-order valence-electron chi connectivity index (χ2n) is 6.28. The van der Waals surface area contributed by atoms with Crippen LogP contribution in [0, 0.1) is 0 Å². The number of carboxylic acid groups (broad SMARTS) is 1. The van der Waals surface area contributed by atoms with E-state index in [0.29, 0.717) is 22.4 Å². The number of nitrogens with two attached hydrogens (primary N) is 2. The maximum absolute atomic E-state index is 11.8. The standard InChI is InChI=1S/C20H16N2O5/c21-18-13(24)8-15-17(19(18)22)16(10-3-1-2-4-11(10)20(25)26)12-6-5-9(23)7-14(12)27-15/h1-8,16,23-24H,21-22H2,(H,25,26). The maximum atomic E-state index is 11.8. The first-order valence-corrected chi connectivity index (χ1v) is 8.12. The zero-order chi connectivity index (χ0) is 19.3. The summed E-state index contributed by atoms with van der Waals surface area (Å²) < 4.78 is 5.82. The molecule has 1 atom stereocenters. The number of benzene rings is 3. The van der Waals surface area contributed by atoms with Gasteiger partial charge in [0, 0.05) is 29.2 Å². The third-order valence-corrected chi connectivity index (χ3v) is 4.71. The zero-order valence-corrected chi connectivity index (χ0v) is 14.0. The molecule has 0 radical (unpaired) electrons. The van der Waals surface area contributed by atoms with Crippen LogP contribution < -0.4 is 16.2 Å². The molecule has 1 aliphatic rings. The topological polar surface area (TPSA) is 139 Å². The molecule has 0 saturated carbocycles. The minimum atomic E-state index is -1.08. The lowest BCUT2D eigenvalue weighted by atomic mass is 9.79. The van der Waals surface area contributed by atoms with Crippen LogP contribution in [0.1, 0.15) is 33.0 Å². The molecule has 0 amide bonds. The summed E-state index contributed by atoms with van der Waals surface area (Å²) in [6, 6.07) is 12.5. The van der Waals surface area contributed by atoms with E-state index in [9.17, 15) is 20.1 Å². The van der Waals surface area contributed by atoms with E-state index in [1.165, 1.54) is 24.3 Å². The van der Waals surface area contributed by atoms with E-state index in [0.717, 1.165) is 0 Å². The molecule has 0 aliphatic carbocycles. The van der Waals surface area contributed by atoms with Crippen molar-refractivity contribution < 1.29 is 24.9 Å². The summed E-state index contributed by atoms with van der Waals surface area (Å²) in [6.45, 7) is 0. The Morgan fingerprint density at radius 3 is 2.41 bits per heavy atom. The largest absolute Gasteiger partial charge is 0.508 e. The molecule has 3 aromatic rings. The van der Waals surface area contributed by atoms with Gasteiger partial charge in [0.1, 0.15) is 23.0 Å². The Bertz CT molecular complexity index is 1090. The van der Waals surface area contributed by atoms with Gasteiger partial charge >= 0.3 is 5.97 Å². The molecule has 7 N–H and O–H groups in total. The Balaban J connectivity index is 2.08. The number of aromatic carboxylic acids is 1. The number of nitrogen functional groups attached to an aromatic ring is 2. The lowest BCUT2D eigenvalue weighted by Crippen LogP contribution is -2.17. The molecule has 3 aromatic carbocycles. The first-order valence-electron chi connectivity index (χ1n) is 8.12. The summed E-state index contributed by atoms with van der Waals surface area (Å²) >= 11 is 0. The van der Waals surface area contributed by atoms with Crippen LogP contribution in [0.25, 0.3) is 0 Å². The van der Waals surface area contributed by atoms with Crippen LogP contribution in [0.3, 0.4) is 0 Å². The number of hydrogen-bond acceptors (Lipinski definition) is 6. The van der Waals surface area contributed by atoms with Crippen LogP contribution in [-0.2, 0) is 0 Å². The van der Waals surface area contributed by atoms with Crippen molar-refractivity contribution in [2.24, 2.45) is 0 Å². The van der Waals surface area contributed by atoms with E-state index in [-0.39, 0.29) is 34.2 Å². The van der Waals surface area contributed by atoms with E-state index in [4.69, 9.17) is 16.2 Å². The minimum absolute atomic E-state index is 0.00242. The van der Waals surface area contributed by atoms with Gasteiger partial charge in [-0.2, -0.15) is 0 Å². The average Bonchev–Trinajstić information content (AvgIpc) is 2.64. The molecule has 0 fully saturated rings. The molecule has 0 aromatic heterocycles. The zero-order valence-electron chi connectivity index (χ0n) is 14.0. The van der Waals surface area contributed by atoms with Crippen molar-refractivity contribution in [2.45, 2.75) is 5.92 Å². The Hall–Kier alpha value is -3.87. The number of phenols is 2. The summed E-state index contributed by atoms with van der Waals surface area (Å²) in [5, 5.41) is 29.5. The van der Waals surface area contributed by atoms with Gasteiger partial charge in [0.05, 0.1) is 16.9 Å². The fourth-order valence-corrected chi connectivity index (χ4v) is 3.47. The predicted octanol–water partition coefficient (Wildman–Crippen LogP) is 3.25. The average molecular weight is 364 g/mol.